The van der Waals surface area contributed by atoms with Gasteiger partial charge in [0, 0.05) is 23.7 Å². The third-order valence-electron chi connectivity index (χ3n) is 5.93. The van der Waals surface area contributed by atoms with E-state index in [1.165, 1.54) is 21.2 Å². The Balaban J connectivity index is 1.76. The second-order valence-corrected chi connectivity index (χ2v) is 10.2. The molecule has 182 valence electrons. The zero-order chi connectivity index (χ0) is 25.8. The maximum atomic E-state index is 13.4. The molecule has 1 aromatic heterocycles. The summed E-state index contributed by atoms with van der Waals surface area (Å²) in [5.41, 5.74) is 2.65. The van der Waals surface area contributed by atoms with Crippen LogP contribution in [0.15, 0.2) is 64.3 Å². The molecular weight excluding hydrogens is 512 g/mol. The number of nitriles is 1. The van der Waals surface area contributed by atoms with Crippen LogP contribution in [0.1, 0.15) is 34.7 Å². The van der Waals surface area contributed by atoms with Gasteiger partial charge in [-0.2, -0.15) is 5.26 Å². The van der Waals surface area contributed by atoms with Crippen LogP contribution >= 0.6 is 35.6 Å². The zero-order valence-corrected chi connectivity index (χ0v) is 22.1. The number of aromatic nitrogens is 1. The molecule has 0 atom stereocenters. The van der Waals surface area contributed by atoms with Crippen molar-refractivity contribution in [1.29, 1.82) is 5.26 Å². The number of rotatable bonds is 7. The van der Waals surface area contributed by atoms with Crippen molar-refractivity contribution < 1.29 is 4.79 Å². The van der Waals surface area contributed by atoms with Gasteiger partial charge in [-0.1, -0.05) is 84.1 Å². The Morgan fingerprint density at radius 2 is 1.83 bits per heavy atom. The highest BCUT2D eigenvalue weighted by Crippen LogP contribution is 2.36. The quantitative estimate of drug-likeness (QED) is 0.309. The molecule has 9 heteroatoms. The van der Waals surface area contributed by atoms with Crippen molar-refractivity contribution in [3.63, 3.8) is 0 Å². The molecule has 6 nitrogen and oxygen atoms in total. The van der Waals surface area contributed by atoms with E-state index in [1.54, 1.807) is 19.1 Å². The molecule has 1 fully saturated rings. The molecule has 2 aromatic carbocycles. The van der Waals surface area contributed by atoms with Gasteiger partial charge in [-0.05, 0) is 42.7 Å². The third-order valence-corrected chi connectivity index (χ3v) is 7.68. The molecule has 1 amide bonds. The Morgan fingerprint density at radius 1 is 1.14 bits per heavy atom. The Bertz CT molecular complexity index is 1480. The first kappa shape index (κ1) is 25.7. The van der Waals surface area contributed by atoms with Crippen molar-refractivity contribution >= 4 is 57.7 Å². The topological polar surface area (TPSA) is 78.1 Å². The van der Waals surface area contributed by atoms with Gasteiger partial charge < -0.3 is 5.32 Å². The van der Waals surface area contributed by atoms with E-state index in [0.717, 1.165) is 11.1 Å². The second kappa shape index (κ2) is 11.1. The average Bonchev–Trinajstić information content (AvgIpc) is 3.14. The van der Waals surface area contributed by atoms with Crippen LogP contribution in [0.5, 0.6) is 0 Å². The van der Waals surface area contributed by atoms with Crippen molar-refractivity contribution in [2.75, 3.05) is 5.32 Å². The van der Waals surface area contributed by atoms with Crippen LogP contribution in [0.2, 0.25) is 5.02 Å². The fourth-order valence-electron chi connectivity index (χ4n) is 4.00. The minimum absolute atomic E-state index is 0.0555. The van der Waals surface area contributed by atoms with E-state index in [2.05, 4.69) is 5.32 Å². The van der Waals surface area contributed by atoms with E-state index in [4.69, 9.17) is 23.8 Å². The summed E-state index contributed by atoms with van der Waals surface area (Å²) in [5, 5.41) is 13.6. The number of nitrogens with one attached hydrogen (secondary N) is 1. The summed E-state index contributed by atoms with van der Waals surface area (Å²) >= 11 is 13.0. The number of hydrogen-bond acceptors (Lipinski definition) is 6. The van der Waals surface area contributed by atoms with Crippen LogP contribution in [-0.4, -0.2) is 19.7 Å². The van der Waals surface area contributed by atoms with E-state index >= 15 is 0 Å². The van der Waals surface area contributed by atoms with Gasteiger partial charge in [-0.15, -0.1) is 0 Å². The first-order valence-electron chi connectivity index (χ1n) is 11.3. The van der Waals surface area contributed by atoms with Gasteiger partial charge in [-0.25, -0.2) is 0 Å². The largest absolute Gasteiger partial charge is 0.367 e. The number of halogens is 1. The molecule has 2 heterocycles. The fourth-order valence-corrected chi connectivity index (χ4v) is 5.43. The third kappa shape index (κ3) is 5.09. The maximum absolute atomic E-state index is 13.4. The lowest BCUT2D eigenvalue weighted by Gasteiger charge is -2.19. The lowest BCUT2D eigenvalue weighted by molar-refractivity contribution is -0.122. The van der Waals surface area contributed by atoms with Gasteiger partial charge in [0.25, 0.3) is 11.5 Å². The monoisotopic (exact) mass is 534 g/mol. The summed E-state index contributed by atoms with van der Waals surface area (Å²) < 4.78 is 1.96. The highest BCUT2D eigenvalue weighted by atomic mass is 35.5. The summed E-state index contributed by atoms with van der Waals surface area (Å²) in [6.07, 6.45) is 1.72. The molecule has 1 aliphatic heterocycles. The van der Waals surface area contributed by atoms with Crippen molar-refractivity contribution in [2.45, 2.75) is 33.5 Å². The predicted molar refractivity (Wildman–Crippen MR) is 150 cm³/mol. The van der Waals surface area contributed by atoms with Crippen molar-refractivity contribution in [1.82, 2.24) is 9.47 Å². The summed E-state index contributed by atoms with van der Waals surface area (Å²) in [6, 6.07) is 19.2. The summed E-state index contributed by atoms with van der Waals surface area (Å²) in [7, 11) is 0. The van der Waals surface area contributed by atoms with Crippen LogP contribution in [0.4, 0.5) is 5.82 Å². The smallest absolute Gasteiger partial charge is 0.270 e. The van der Waals surface area contributed by atoms with Crippen molar-refractivity contribution in [2.24, 2.45) is 0 Å². The first-order chi connectivity index (χ1) is 17.3. The number of amides is 1. The van der Waals surface area contributed by atoms with Gasteiger partial charge in [0.15, 0.2) is 0 Å². The standard InChI is InChI=1S/C27H23ClN4O2S2/c1-3-31-24(30-15-18-9-5-4-6-10-18)20(17(2)21(14-29)25(31)33)13-23-26(34)32(27(35)36-23)16-19-11-7-8-12-22(19)28/h4-13,30H,3,15-16H2,1-2H3/b23-13+. The number of hydrogen-bond donors (Lipinski definition) is 1. The van der Waals surface area contributed by atoms with Gasteiger partial charge in [-0.3, -0.25) is 19.1 Å². The van der Waals surface area contributed by atoms with E-state index in [9.17, 15) is 14.9 Å². The van der Waals surface area contributed by atoms with Gasteiger partial charge in [0.05, 0.1) is 11.4 Å². The molecule has 1 aliphatic rings. The maximum Gasteiger partial charge on any atom is 0.270 e. The SMILES string of the molecule is CCn1c(NCc2ccccc2)c(/C=C2/SC(=S)N(Cc3ccccc3Cl)C2=O)c(C)c(C#N)c1=O. The number of carbonyl (C=O) groups is 1. The van der Waals surface area contributed by atoms with Crippen LogP contribution < -0.4 is 10.9 Å². The Kier molecular flexibility index (Phi) is 7.94. The minimum atomic E-state index is -0.364. The number of thiocarbonyl (C=S) groups is 1. The highest BCUT2D eigenvalue weighted by molar-refractivity contribution is 8.26. The second-order valence-electron chi connectivity index (χ2n) is 8.12. The molecule has 0 aliphatic carbocycles. The molecule has 4 rings (SSSR count). The average molecular weight is 535 g/mol. The van der Waals surface area contributed by atoms with Crippen LogP contribution in [0.3, 0.4) is 0 Å². The molecular formula is C27H23ClN4O2S2. The van der Waals surface area contributed by atoms with Gasteiger partial charge in [0.2, 0.25) is 0 Å². The fraction of sp³-hybridized carbons (Fsp3) is 0.185. The summed E-state index contributed by atoms with van der Waals surface area (Å²) in [4.78, 5) is 28.3. The molecule has 36 heavy (non-hydrogen) atoms. The molecule has 0 spiro atoms. The number of carbonyl (C=O) groups excluding carboxylic acids is 1. The number of thioether (sulfide) groups is 1. The molecule has 0 unspecified atom stereocenters. The minimum Gasteiger partial charge on any atom is -0.367 e. The molecule has 1 N–H and O–H groups in total. The molecule has 0 radical (unpaired) electrons. The van der Waals surface area contributed by atoms with Crippen LogP contribution in [0.25, 0.3) is 6.08 Å². The van der Waals surface area contributed by atoms with E-state index in [-0.39, 0.29) is 23.6 Å². The van der Waals surface area contributed by atoms with Gasteiger partial charge >= 0.3 is 0 Å². The van der Waals surface area contributed by atoms with E-state index in [1.807, 2.05) is 61.5 Å². The number of anilines is 1. The van der Waals surface area contributed by atoms with E-state index < -0.39 is 0 Å². The molecule has 1 saturated heterocycles. The number of pyridine rings is 1. The zero-order valence-electron chi connectivity index (χ0n) is 19.7. The van der Waals surface area contributed by atoms with Crippen LogP contribution in [-0.2, 0) is 24.4 Å². The van der Waals surface area contributed by atoms with Crippen LogP contribution in [0, 0.1) is 18.3 Å². The number of benzene rings is 2. The Hall–Kier alpha value is -3.38. The summed E-state index contributed by atoms with van der Waals surface area (Å²) in [5.74, 6) is 0.310. The van der Waals surface area contributed by atoms with Crippen molar-refractivity contribution in [3.05, 3.63) is 103 Å². The predicted octanol–water partition coefficient (Wildman–Crippen LogP) is 5.72. The van der Waals surface area contributed by atoms with E-state index in [0.29, 0.717) is 44.3 Å². The first-order valence-corrected chi connectivity index (χ1v) is 12.9. The van der Waals surface area contributed by atoms with Crippen molar-refractivity contribution in [3.8, 4) is 6.07 Å². The molecule has 0 bridgehead atoms. The lowest BCUT2D eigenvalue weighted by atomic mass is 10.0. The Morgan fingerprint density at radius 3 is 2.50 bits per heavy atom. The lowest BCUT2D eigenvalue weighted by Crippen LogP contribution is -2.28. The summed E-state index contributed by atoms with van der Waals surface area (Å²) in [6.45, 7) is 4.67. The highest BCUT2D eigenvalue weighted by Gasteiger charge is 2.33. The normalized spacial score (nSPS) is 14.4. The molecule has 0 saturated carbocycles. The van der Waals surface area contributed by atoms with Gasteiger partial charge in [0.1, 0.15) is 21.8 Å². The molecule has 3 aromatic rings. The number of nitrogens with zero attached hydrogens (tertiary/aromatic N) is 3. The Labute approximate surface area is 224 Å².